The van der Waals surface area contributed by atoms with Gasteiger partial charge in [-0.1, -0.05) is 0 Å². The maximum Gasteiger partial charge on any atom is 0.212 e. The number of fused-ring (bicyclic) bond motifs is 1. The maximum absolute atomic E-state index is 9.05. The monoisotopic (exact) mass is 314 g/mol. The third-order valence-electron chi connectivity index (χ3n) is 4.54. The molecule has 6 nitrogen and oxygen atoms in total. The lowest BCUT2D eigenvalue weighted by Crippen LogP contribution is -2.45. The molecule has 0 radical (unpaired) electrons. The number of ether oxygens (including phenoxy) is 2. The van der Waals surface area contributed by atoms with Gasteiger partial charge in [-0.2, -0.15) is 5.26 Å². The van der Waals surface area contributed by atoms with Crippen molar-refractivity contribution in [1.82, 2.24) is 9.80 Å². The van der Waals surface area contributed by atoms with E-state index >= 15 is 0 Å². The highest BCUT2D eigenvalue weighted by Crippen LogP contribution is 2.33. The second-order valence-corrected chi connectivity index (χ2v) is 5.85. The molecule has 2 aliphatic heterocycles. The van der Waals surface area contributed by atoms with Gasteiger partial charge in [0.15, 0.2) is 11.5 Å². The lowest BCUT2D eigenvalue weighted by molar-refractivity contribution is 0.323. The molecule has 6 heteroatoms. The van der Waals surface area contributed by atoms with E-state index in [1.807, 2.05) is 12.3 Å². The molecule has 0 aromatic heterocycles. The van der Waals surface area contributed by atoms with Gasteiger partial charge >= 0.3 is 0 Å². The van der Waals surface area contributed by atoms with Gasteiger partial charge in [0, 0.05) is 26.2 Å². The molecule has 0 bridgehead atoms. The predicted molar refractivity (Wildman–Crippen MR) is 87.5 cm³/mol. The molecule has 1 aromatic carbocycles. The molecule has 1 aromatic rings. The summed E-state index contributed by atoms with van der Waals surface area (Å²) < 4.78 is 10.8. The molecule has 0 spiro atoms. The van der Waals surface area contributed by atoms with Crippen LogP contribution in [0.15, 0.2) is 17.1 Å². The summed E-state index contributed by atoms with van der Waals surface area (Å²) in [5.74, 6) is 2.32. The summed E-state index contributed by atoms with van der Waals surface area (Å²) in [5, 5.41) is 9.05. The first-order valence-corrected chi connectivity index (χ1v) is 7.97. The van der Waals surface area contributed by atoms with Gasteiger partial charge in [-0.15, -0.1) is 4.99 Å². The summed E-state index contributed by atoms with van der Waals surface area (Å²) in [6.07, 6.45) is 5.21. The molecule has 0 atom stereocenters. The second-order valence-electron chi connectivity index (χ2n) is 5.85. The first-order valence-electron chi connectivity index (χ1n) is 7.97. The summed E-state index contributed by atoms with van der Waals surface area (Å²) in [7, 11) is 3.31. The largest absolute Gasteiger partial charge is 0.493 e. The van der Waals surface area contributed by atoms with Crippen LogP contribution < -0.4 is 9.47 Å². The van der Waals surface area contributed by atoms with Crippen LogP contribution >= 0.6 is 0 Å². The van der Waals surface area contributed by atoms with Crippen LogP contribution in [-0.2, 0) is 13.0 Å². The van der Waals surface area contributed by atoms with Crippen molar-refractivity contribution in [1.29, 1.82) is 5.26 Å². The lowest BCUT2D eigenvalue weighted by Gasteiger charge is -2.35. The Labute approximate surface area is 136 Å². The number of guanidine groups is 1. The minimum atomic E-state index is 0.743. The third kappa shape index (κ3) is 3.04. The van der Waals surface area contributed by atoms with Crippen molar-refractivity contribution in [3.8, 4) is 17.7 Å². The second kappa shape index (κ2) is 6.78. The van der Waals surface area contributed by atoms with Crippen LogP contribution in [0.1, 0.15) is 24.0 Å². The van der Waals surface area contributed by atoms with Crippen LogP contribution in [0.25, 0.3) is 0 Å². The van der Waals surface area contributed by atoms with Crippen LogP contribution in [0, 0.1) is 11.5 Å². The molecule has 23 heavy (non-hydrogen) atoms. The van der Waals surface area contributed by atoms with Crippen molar-refractivity contribution >= 4 is 5.96 Å². The summed E-state index contributed by atoms with van der Waals surface area (Å²) in [6.45, 7) is 3.57. The first-order chi connectivity index (χ1) is 11.3. The van der Waals surface area contributed by atoms with Crippen LogP contribution in [-0.4, -0.2) is 49.6 Å². The van der Waals surface area contributed by atoms with E-state index in [1.54, 1.807) is 14.2 Å². The standard InChI is InChI=1S/C17H22N4O2/c1-22-15-9-13-5-8-21(11-14(13)10-16(15)23-2)17(19-12-18)20-6-3-4-7-20/h9-10H,3-8,11H2,1-2H3. The Morgan fingerprint density at radius 1 is 1.04 bits per heavy atom. The Morgan fingerprint density at radius 2 is 1.70 bits per heavy atom. The molecular formula is C17H22N4O2. The fraction of sp³-hybridized carbons (Fsp3) is 0.529. The number of benzene rings is 1. The molecule has 0 aliphatic carbocycles. The van der Waals surface area contributed by atoms with Gasteiger partial charge in [-0.05, 0) is 42.5 Å². The molecule has 0 amide bonds. The number of likely N-dealkylation sites (tertiary alicyclic amines) is 1. The molecule has 2 heterocycles. The van der Waals surface area contributed by atoms with Crippen molar-refractivity contribution in [2.45, 2.75) is 25.8 Å². The van der Waals surface area contributed by atoms with Gasteiger partial charge < -0.3 is 19.3 Å². The van der Waals surface area contributed by atoms with Gasteiger partial charge in [0.05, 0.1) is 14.2 Å². The van der Waals surface area contributed by atoms with E-state index in [9.17, 15) is 0 Å². The molecule has 2 aliphatic rings. The van der Waals surface area contributed by atoms with Crippen molar-refractivity contribution in [2.75, 3.05) is 33.9 Å². The highest BCUT2D eigenvalue weighted by atomic mass is 16.5. The number of nitrogens with zero attached hydrogens (tertiary/aromatic N) is 4. The fourth-order valence-electron chi connectivity index (χ4n) is 3.36. The normalized spacial score (nSPS) is 17.7. The van der Waals surface area contributed by atoms with Gasteiger partial charge in [-0.25, -0.2) is 0 Å². The molecule has 1 fully saturated rings. The zero-order valence-electron chi connectivity index (χ0n) is 13.7. The number of hydrogen-bond donors (Lipinski definition) is 0. The van der Waals surface area contributed by atoms with Gasteiger partial charge in [0.1, 0.15) is 0 Å². The molecule has 3 rings (SSSR count). The zero-order chi connectivity index (χ0) is 16.2. The Balaban J connectivity index is 1.86. The Bertz CT molecular complexity index is 645. The van der Waals surface area contributed by atoms with Crippen LogP contribution in [0.5, 0.6) is 11.5 Å². The van der Waals surface area contributed by atoms with E-state index in [-0.39, 0.29) is 0 Å². The minimum absolute atomic E-state index is 0.743. The number of methoxy groups -OCH3 is 2. The summed E-state index contributed by atoms with van der Waals surface area (Å²) in [6, 6.07) is 4.09. The Kier molecular flexibility index (Phi) is 4.56. The van der Waals surface area contributed by atoms with E-state index in [0.717, 1.165) is 50.1 Å². The molecule has 0 unspecified atom stereocenters. The van der Waals surface area contributed by atoms with Crippen molar-refractivity contribution in [3.05, 3.63) is 23.3 Å². The molecule has 1 saturated heterocycles. The SMILES string of the molecule is COc1cc2c(cc1OC)CN(C(=NC#N)N1CCCC1)CC2. The van der Waals surface area contributed by atoms with E-state index < -0.39 is 0 Å². The number of nitriles is 1. The van der Waals surface area contributed by atoms with Crippen molar-refractivity contribution in [3.63, 3.8) is 0 Å². The third-order valence-corrected chi connectivity index (χ3v) is 4.54. The van der Waals surface area contributed by atoms with Gasteiger partial charge in [-0.3, -0.25) is 0 Å². The van der Waals surface area contributed by atoms with Gasteiger partial charge in [0.25, 0.3) is 0 Å². The van der Waals surface area contributed by atoms with Crippen LogP contribution in [0.2, 0.25) is 0 Å². The van der Waals surface area contributed by atoms with Crippen LogP contribution in [0.4, 0.5) is 0 Å². The summed E-state index contributed by atoms with van der Waals surface area (Å²) in [5.41, 5.74) is 2.48. The van der Waals surface area contributed by atoms with Crippen LogP contribution in [0.3, 0.4) is 0 Å². The average molecular weight is 314 g/mol. The summed E-state index contributed by atoms with van der Waals surface area (Å²) >= 11 is 0. The van der Waals surface area contributed by atoms with E-state index in [2.05, 4.69) is 20.9 Å². The molecule has 122 valence electrons. The average Bonchev–Trinajstić information content (AvgIpc) is 3.12. The number of hydrogen-bond acceptors (Lipinski definition) is 4. The lowest BCUT2D eigenvalue weighted by atomic mass is 9.99. The number of aliphatic imine (C=N–C) groups is 1. The van der Waals surface area contributed by atoms with E-state index in [4.69, 9.17) is 14.7 Å². The predicted octanol–water partition coefficient (Wildman–Crippen LogP) is 1.99. The molecular weight excluding hydrogens is 292 g/mol. The first kappa shape index (κ1) is 15.5. The fourth-order valence-corrected chi connectivity index (χ4v) is 3.36. The quantitative estimate of drug-likeness (QED) is 0.475. The summed E-state index contributed by atoms with van der Waals surface area (Å²) in [4.78, 5) is 8.51. The molecule has 0 saturated carbocycles. The van der Waals surface area contributed by atoms with Crippen molar-refractivity contribution in [2.24, 2.45) is 4.99 Å². The van der Waals surface area contributed by atoms with Gasteiger partial charge in [0.2, 0.25) is 12.2 Å². The van der Waals surface area contributed by atoms with Crippen molar-refractivity contribution < 1.29 is 9.47 Å². The zero-order valence-corrected chi connectivity index (χ0v) is 13.7. The van der Waals surface area contributed by atoms with E-state index in [1.165, 1.54) is 24.0 Å². The molecule has 0 N–H and O–H groups in total. The topological polar surface area (TPSA) is 61.1 Å². The highest BCUT2D eigenvalue weighted by molar-refractivity contribution is 5.81. The Hall–Kier alpha value is -2.42. The highest BCUT2D eigenvalue weighted by Gasteiger charge is 2.26. The smallest absolute Gasteiger partial charge is 0.212 e. The Morgan fingerprint density at radius 3 is 2.30 bits per heavy atom. The maximum atomic E-state index is 9.05. The minimum Gasteiger partial charge on any atom is -0.493 e. The van der Waals surface area contributed by atoms with E-state index in [0.29, 0.717) is 0 Å². The number of rotatable bonds is 2.